The molecule has 5 nitrogen and oxygen atoms in total. The van der Waals surface area contributed by atoms with Crippen LogP contribution in [-0.4, -0.2) is 9.97 Å². The lowest BCUT2D eigenvalue weighted by molar-refractivity contribution is 0.589. The van der Waals surface area contributed by atoms with Crippen LogP contribution in [0.4, 0.5) is 5.95 Å². The summed E-state index contributed by atoms with van der Waals surface area (Å²) in [5, 5.41) is 6.86. The third-order valence-corrected chi connectivity index (χ3v) is 6.14. The van der Waals surface area contributed by atoms with Crippen molar-refractivity contribution in [2.75, 3.05) is 5.43 Å². The number of para-hydroxylation sites is 2. The molecular formula is C27H25ClN4O. The van der Waals surface area contributed by atoms with Crippen molar-refractivity contribution in [1.82, 2.24) is 9.97 Å². The summed E-state index contributed by atoms with van der Waals surface area (Å²) in [7, 11) is 0. The lowest BCUT2D eigenvalue weighted by atomic mass is 9.86. The Kier molecular flexibility index (Phi) is 5.22. The molecule has 3 aromatic carbocycles. The highest BCUT2D eigenvalue weighted by Crippen LogP contribution is 2.29. The van der Waals surface area contributed by atoms with Crippen LogP contribution in [0.3, 0.4) is 0 Å². The predicted octanol–water partition coefficient (Wildman–Crippen LogP) is 7.16. The minimum absolute atomic E-state index is 0.0872. The number of nitrogens with one attached hydrogen (secondary N) is 2. The molecule has 0 aliphatic heterocycles. The van der Waals surface area contributed by atoms with E-state index in [9.17, 15) is 0 Å². The van der Waals surface area contributed by atoms with Gasteiger partial charge in [-0.1, -0.05) is 68.8 Å². The number of rotatable bonds is 3. The molecule has 0 saturated carbocycles. The molecule has 0 radical (unpaired) electrons. The van der Waals surface area contributed by atoms with Crippen LogP contribution in [0, 0.1) is 6.92 Å². The molecule has 5 aromatic rings. The summed E-state index contributed by atoms with van der Waals surface area (Å²) in [6.07, 6.45) is 0. The summed E-state index contributed by atoms with van der Waals surface area (Å²) in [6, 6.07) is 22.1. The smallest absolute Gasteiger partial charge is 0.222 e. The number of fused-ring (bicyclic) bond motifs is 2. The van der Waals surface area contributed by atoms with Crippen molar-refractivity contribution < 1.29 is 4.42 Å². The van der Waals surface area contributed by atoms with E-state index in [1.165, 1.54) is 5.56 Å². The molecule has 0 atom stereocenters. The number of nitrogens with zero attached hydrogens (tertiary/aromatic N) is 2. The Morgan fingerprint density at radius 1 is 1.00 bits per heavy atom. The van der Waals surface area contributed by atoms with Crippen LogP contribution >= 0.6 is 11.6 Å². The SMILES string of the molecule is Cc1cc2oc(-c3ccc(C(C)(C)C)cc3)c/c(=N\Nc3nc4ccccc4[nH]3)c2cc1Cl. The van der Waals surface area contributed by atoms with Gasteiger partial charge in [-0.2, -0.15) is 5.10 Å². The Balaban J connectivity index is 1.63. The van der Waals surface area contributed by atoms with E-state index in [1.807, 2.05) is 49.4 Å². The van der Waals surface area contributed by atoms with Crippen molar-refractivity contribution >= 4 is 39.6 Å². The number of hydrogen-bond donors (Lipinski definition) is 2. The van der Waals surface area contributed by atoms with Crippen LogP contribution in [0.1, 0.15) is 31.9 Å². The zero-order chi connectivity index (χ0) is 23.2. The first-order chi connectivity index (χ1) is 15.8. The molecule has 0 spiro atoms. The molecule has 33 heavy (non-hydrogen) atoms. The second-order valence-electron chi connectivity index (χ2n) is 9.25. The fourth-order valence-corrected chi connectivity index (χ4v) is 3.94. The van der Waals surface area contributed by atoms with Crippen LogP contribution in [0.15, 0.2) is 76.2 Å². The second kappa shape index (κ2) is 8.09. The molecule has 0 saturated heterocycles. The van der Waals surface area contributed by atoms with Gasteiger partial charge in [0, 0.05) is 22.0 Å². The van der Waals surface area contributed by atoms with Crippen LogP contribution in [0.5, 0.6) is 0 Å². The number of aryl methyl sites for hydroxylation is 1. The standard InChI is InChI=1S/C27H25ClN4O/c1-16-13-25-19(14-20(16)28)23(31-32-26-29-21-7-5-6-8-22(21)30-26)15-24(33-25)17-9-11-18(12-10-17)27(2,3)4/h5-15H,1-4H3,(H2,29,30,32)/b31-23+. The lowest BCUT2D eigenvalue weighted by Gasteiger charge is -2.19. The van der Waals surface area contributed by atoms with Crippen molar-refractivity contribution in [3.63, 3.8) is 0 Å². The quantitative estimate of drug-likeness (QED) is 0.283. The molecule has 0 unspecified atom stereocenters. The van der Waals surface area contributed by atoms with E-state index >= 15 is 0 Å². The highest BCUT2D eigenvalue weighted by atomic mass is 35.5. The summed E-state index contributed by atoms with van der Waals surface area (Å²) < 4.78 is 6.28. The maximum Gasteiger partial charge on any atom is 0.222 e. The van der Waals surface area contributed by atoms with Gasteiger partial charge in [-0.15, -0.1) is 0 Å². The summed E-state index contributed by atoms with van der Waals surface area (Å²) >= 11 is 6.42. The number of anilines is 1. The van der Waals surface area contributed by atoms with Gasteiger partial charge in [0.2, 0.25) is 5.95 Å². The van der Waals surface area contributed by atoms with E-state index < -0.39 is 0 Å². The third kappa shape index (κ3) is 4.24. The van der Waals surface area contributed by atoms with Crippen LogP contribution in [-0.2, 0) is 5.41 Å². The Bertz CT molecular complexity index is 1510. The summed E-state index contributed by atoms with van der Waals surface area (Å²) in [6.45, 7) is 8.58. The summed E-state index contributed by atoms with van der Waals surface area (Å²) in [5.41, 5.74) is 8.89. The maximum absolute atomic E-state index is 6.42. The molecule has 0 bridgehead atoms. The number of benzene rings is 3. The molecule has 2 N–H and O–H groups in total. The fourth-order valence-electron chi connectivity index (χ4n) is 3.78. The zero-order valence-electron chi connectivity index (χ0n) is 19.0. The maximum atomic E-state index is 6.42. The van der Waals surface area contributed by atoms with Gasteiger partial charge in [0.05, 0.1) is 16.4 Å². The van der Waals surface area contributed by atoms with Gasteiger partial charge >= 0.3 is 0 Å². The van der Waals surface area contributed by atoms with E-state index in [1.54, 1.807) is 0 Å². The topological polar surface area (TPSA) is 66.2 Å². The number of aromatic nitrogens is 2. The first-order valence-electron chi connectivity index (χ1n) is 10.9. The van der Waals surface area contributed by atoms with E-state index in [0.29, 0.717) is 16.3 Å². The Morgan fingerprint density at radius 3 is 2.48 bits per heavy atom. The van der Waals surface area contributed by atoms with Gasteiger partial charge < -0.3 is 9.40 Å². The van der Waals surface area contributed by atoms with E-state index in [4.69, 9.17) is 16.0 Å². The van der Waals surface area contributed by atoms with Crippen molar-refractivity contribution in [3.05, 3.63) is 88.2 Å². The average molecular weight is 457 g/mol. The average Bonchev–Trinajstić information content (AvgIpc) is 3.21. The van der Waals surface area contributed by atoms with E-state index in [0.717, 1.165) is 38.9 Å². The normalized spacial score (nSPS) is 12.6. The van der Waals surface area contributed by atoms with Crippen LogP contribution in [0.2, 0.25) is 5.02 Å². The highest BCUT2D eigenvalue weighted by Gasteiger charge is 2.14. The first-order valence-corrected chi connectivity index (χ1v) is 11.3. The second-order valence-corrected chi connectivity index (χ2v) is 9.65. The van der Waals surface area contributed by atoms with Crippen molar-refractivity contribution in [2.45, 2.75) is 33.1 Å². The molecule has 6 heteroatoms. The summed E-state index contributed by atoms with van der Waals surface area (Å²) in [4.78, 5) is 7.78. The van der Waals surface area contributed by atoms with E-state index in [2.05, 4.69) is 65.5 Å². The minimum Gasteiger partial charge on any atom is -0.456 e. The zero-order valence-corrected chi connectivity index (χ0v) is 19.8. The Morgan fingerprint density at radius 2 is 1.76 bits per heavy atom. The molecule has 0 fully saturated rings. The molecule has 0 aliphatic rings. The Hall–Kier alpha value is -3.57. The summed E-state index contributed by atoms with van der Waals surface area (Å²) in [5.74, 6) is 1.30. The molecule has 0 amide bonds. The van der Waals surface area contributed by atoms with Gasteiger partial charge in [-0.3, -0.25) is 0 Å². The predicted molar refractivity (Wildman–Crippen MR) is 135 cm³/mol. The Labute approximate surface area is 197 Å². The van der Waals surface area contributed by atoms with Crippen molar-refractivity contribution in [2.24, 2.45) is 5.10 Å². The molecule has 5 rings (SSSR count). The fraction of sp³-hybridized carbons (Fsp3) is 0.185. The first kappa shape index (κ1) is 21.3. The number of hydrogen-bond acceptors (Lipinski definition) is 4. The van der Waals surface area contributed by atoms with Gasteiger partial charge in [-0.05, 0) is 47.7 Å². The lowest BCUT2D eigenvalue weighted by Crippen LogP contribution is -2.10. The van der Waals surface area contributed by atoms with Gasteiger partial charge in [0.15, 0.2) is 0 Å². The molecular weight excluding hydrogens is 432 g/mol. The van der Waals surface area contributed by atoms with Crippen LogP contribution < -0.4 is 10.8 Å². The minimum atomic E-state index is 0.0872. The number of imidazole rings is 1. The largest absolute Gasteiger partial charge is 0.456 e. The van der Waals surface area contributed by atoms with Crippen LogP contribution in [0.25, 0.3) is 33.3 Å². The highest BCUT2D eigenvalue weighted by molar-refractivity contribution is 6.32. The van der Waals surface area contributed by atoms with Gasteiger partial charge in [-0.25, -0.2) is 10.4 Å². The molecule has 0 aliphatic carbocycles. The number of halogens is 1. The monoisotopic (exact) mass is 456 g/mol. The molecule has 2 aromatic heterocycles. The van der Waals surface area contributed by atoms with Gasteiger partial charge in [0.25, 0.3) is 0 Å². The van der Waals surface area contributed by atoms with E-state index in [-0.39, 0.29) is 5.41 Å². The molecule has 2 heterocycles. The van der Waals surface area contributed by atoms with Crippen molar-refractivity contribution in [3.8, 4) is 11.3 Å². The molecule has 166 valence electrons. The number of H-pyrrole nitrogens is 1. The number of aromatic amines is 1. The van der Waals surface area contributed by atoms with Gasteiger partial charge in [0.1, 0.15) is 11.3 Å². The third-order valence-electron chi connectivity index (χ3n) is 5.73. The van der Waals surface area contributed by atoms with Crippen molar-refractivity contribution in [1.29, 1.82) is 0 Å².